The molecule has 0 bridgehead atoms. The third kappa shape index (κ3) is 6.43. The molecular weight excluding hydrogens is 344 g/mol. The van der Waals surface area contributed by atoms with Crippen molar-refractivity contribution in [3.63, 3.8) is 0 Å². The first-order chi connectivity index (χ1) is 12.0. The lowest BCUT2D eigenvalue weighted by Gasteiger charge is -2.30. The zero-order valence-electron chi connectivity index (χ0n) is 14.5. The highest BCUT2D eigenvalue weighted by molar-refractivity contribution is 7.09. The average Bonchev–Trinajstić information content (AvgIpc) is 2.98. The lowest BCUT2D eigenvalue weighted by atomic mass is 9.98. The minimum atomic E-state index is -0.314. The molecule has 0 spiro atoms. The number of carbonyl (C=O) groups excluding carboxylic acids is 3. The number of ether oxygens (including phenoxy) is 1. The van der Waals surface area contributed by atoms with E-state index in [0.29, 0.717) is 18.2 Å². The maximum atomic E-state index is 12.0. The first-order valence-corrected chi connectivity index (χ1v) is 9.23. The van der Waals surface area contributed by atoms with Gasteiger partial charge in [-0.3, -0.25) is 30.1 Å². The summed E-state index contributed by atoms with van der Waals surface area (Å²) in [6, 6.07) is 0. The summed E-state index contributed by atoms with van der Waals surface area (Å²) >= 11 is 1.41. The van der Waals surface area contributed by atoms with Crippen LogP contribution < -0.4 is 10.9 Å². The van der Waals surface area contributed by atoms with Crippen LogP contribution in [0.5, 0.6) is 0 Å². The Morgan fingerprint density at radius 3 is 2.80 bits per heavy atom. The highest BCUT2D eigenvalue weighted by atomic mass is 32.1. The fourth-order valence-electron chi connectivity index (χ4n) is 2.70. The molecule has 0 unspecified atom stereocenters. The van der Waals surface area contributed by atoms with E-state index in [-0.39, 0.29) is 36.7 Å². The number of rotatable bonds is 6. The Labute approximate surface area is 150 Å². The number of nitrogens with one attached hydrogen (secondary N) is 2. The first kappa shape index (κ1) is 19.3. The standard InChI is InChI=1S/C16H24N4O4S/c1-3-24-16(23)12-5-4-6-20(8-12)9-14(22)19-18-13(21)7-15-17-11(2)10-25-15/h10,12H,3-9H2,1-2H3,(H,18,21)(H,19,22)/t12-/m0/s1. The van der Waals surface area contributed by atoms with Crippen molar-refractivity contribution in [1.82, 2.24) is 20.7 Å². The van der Waals surface area contributed by atoms with E-state index in [1.807, 2.05) is 17.2 Å². The largest absolute Gasteiger partial charge is 0.466 e. The van der Waals surface area contributed by atoms with E-state index in [1.165, 1.54) is 11.3 Å². The Kier molecular flexibility index (Phi) is 7.32. The molecule has 0 radical (unpaired) electrons. The van der Waals surface area contributed by atoms with Gasteiger partial charge in [0, 0.05) is 17.6 Å². The predicted octanol–water partition coefficient (Wildman–Crippen LogP) is 0.417. The van der Waals surface area contributed by atoms with E-state index < -0.39 is 0 Å². The van der Waals surface area contributed by atoms with E-state index in [9.17, 15) is 14.4 Å². The van der Waals surface area contributed by atoms with Crippen LogP contribution in [-0.2, 0) is 25.5 Å². The van der Waals surface area contributed by atoms with Gasteiger partial charge in [-0.25, -0.2) is 4.98 Å². The molecule has 1 saturated heterocycles. The molecule has 0 aliphatic carbocycles. The quantitative estimate of drug-likeness (QED) is 0.557. The molecule has 138 valence electrons. The number of aromatic nitrogens is 1. The molecule has 1 aliphatic heterocycles. The van der Waals surface area contributed by atoms with Crippen molar-refractivity contribution in [2.75, 3.05) is 26.2 Å². The summed E-state index contributed by atoms with van der Waals surface area (Å²) in [5.41, 5.74) is 5.67. The number of amides is 2. The van der Waals surface area contributed by atoms with Crippen LogP contribution in [0.25, 0.3) is 0 Å². The second kappa shape index (κ2) is 9.47. The van der Waals surface area contributed by atoms with E-state index in [1.54, 1.807) is 6.92 Å². The monoisotopic (exact) mass is 368 g/mol. The molecule has 25 heavy (non-hydrogen) atoms. The maximum Gasteiger partial charge on any atom is 0.310 e. The fourth-order valence-corrected chi connectivity index (χ4v) is 3.47. The molecule has 1 aliphatic rings. The van der Waals surface area contributed by atoms with Crippen LogP contribution in [0.3, 0.4) is 0 Å². The second-order valence-electron chi connectivity index (χ2n) is 5.98. The number of piperidine rings is 1. The summed E-state index contributed by atoms with van der Waals surface area (Å²) in [5, 5.41) is 2.58. The van der Waals surface area contributed by atoms with E-state index in [2.05, 4.69) is 15.8 Å². The van der Waals surface area contributed by atoms with Gasteiger partial charge in [0.15, 0.2) is 0 Å². The van der Waals surface area contributed by atoms with Crippen LogP contribution in [0.15, 0.2) is 5.38 Å². The van der Waals surface area contributed by atoms with Crippen molar-refractivity contribution in [1.29, 1.82) is 0 Å². The molecule has 2 N–H and O–H groups in total. The summed E-state index contributed by atoms with van der Waals surface area (Å²) in [6.45, 7) is 5.38. The second-order valence-corrected chi connectivity index (χ2v) is 6.92. The number of thiazole rings is 1. The molecule has 1 aromatic rings. The molecule has 2 amide bonds. The summed E-state index contributed by atoms with van der Waals surface area (Å²) in [4.78, 5) is 41.7. The van der Waals surface area contributed by atoms with Gasteiger partial charge in [0.25, 0.3) is 5.91 Å². The molecule has 9 heteroatoms. The number of hydrogen-bond donors (Lipinski definition) is 2. The summed E-state index contributed by atoms with van der Waals surface area (Å²) in [5.74, 6) is -1.03. The normalized spacial score (nSPS) is 17.8. The average molecular weight is 368 g/mol. The van der Waals surface area contributed by atoms with Crippen molar-refractivity contribution >= 4 is 29.1 Å². The van der Waals surface area contributed by atoms with Gasteiger partial charge in [-0.2, -0.15) is 0 Å². The lowest BCUT2D eigenvalue weighted by molar-refractivity contribution is -0.150. The molecule has 1 aromatic heterocycles. The highest BCUT2D eigenvalue weighted by Gasteiger charge is 2.27. The minimum Gasteiger partial charge on any atom is -0.466 e. The van der Waals surface area contributed by atoms with Gasteiger partial charge in [0.1, 0.15) is 5.01 Å². The smallest absolute Gasteiger partial charge is 0.310 e. The van der Waals surface area contributed by atoms with Crippen LogP contribution in [0.1, 0.15) is 30.5 Å². The first-order valence-electron chi connectivity index (χ1n) is 8.35. The van der Waals surface area contributed by atoms with Crippen LogP contribution in [0.4, 0.5) is 0 Å². The molecule has 2 heterocycles. The molecule has 0 aromatic carbocycles. The molecular formula is C16H24N4O4S. The van der Waals surface area contributed by atoms with Gasteiger partial charge >= 0.3 is 5.97 Å². The Hall–Kier alpha value is -2.00. The van der Waals surface area contributed by atoms with Crippen molar-refractivity contribution in [3.05, 3.63) is 16.1 Å². The number of hydrogen-bond acceptors (Lipinski definition) is 7. The SMILES string of the molecule is CCOC(=O)[C@H]1CCCN(CC(=O)NNC(=O)Cc2nc(C)cs2)C1. The Balaban J connectivity index is 1.70. The van der Waals surface area contributed by atoms with Crippen molar-refractivity contribution in [2.24, 2.45) is 5.92 Å². The molecule has 8 nitrogen and oxygen atoms in total. The van der Waals surface area contributed by atoms with Gasteiger partial charge in [-0.1, -0.05) is 0 Å². The summed E-state index contributed by atoms with van der Waals surface area (Å²) in [7, 11) is 0. The predicted molar refractivity (Wildman–Crippen MR) is 92.6 cm³/mol. The van der Waals surface area contributed by atoms with Gasteiger partial charge in [0.05, 0.1) is 25.5 Å². The number of likely N-dealkylation sites (tertiary alicyclic amines) is 1. The summed E-state index contributed by atoms with van der Waals surface area (Å²) in [6.07, 6.45) is 1.75. The fraction of sp³-hybridized carbons (Fsp3) is 0.625. The molecule has 0 saturated carbocycles. The minimum absolute atomic E-state index is 0.131. The van der Waals surface area contributed by atoms with Crippen molar-refractivity contribution < 1.29 is 19.1 Å². The maximum absolute atomic E-state index is 12.0. The molecule has 2 rings (SSSR count). The third-order valence-electron chi connectivity index (χ3n) is 3.81. The zero-order chi connectivity index (χ0) is 18.2. The highest BCUT2D eigenvalue weighted by Crippen LogP contribution is 2.17. The van der Waals surface area contributed by atoms with Crippen LogP contribution in [0, 0.1) is 12.8 Å². The van der Waals surface area contributed by atoms with Crippen LogP contribution in [-0.4, -0.2) is 53.9 Å². The Bertz CT molecular complexity index is 619. The summed E-state index contributed by atoms with van der Waals surface area (Å²) < 4.78 is 5.04. The number of hydrazine groups is 1. The zero-order valence-corrected chi connectivity index (χ0v) is 15.4. The van der Waals surface area contributed by atoms with Crippen LogP contribution >= 0.6 is 11.3 Å². The van der Waals surface area contributed by atoms with E-state index in [4.69, 9.17) is 4.74 Å². The topological polar surface area (TPSA) is 101 Å². The van der Waals surface area contributed by atoms with E-state index in [0.717, 1.165) is 25.1 Å². The number of esters is 1. The number of nitrogens with zero attached hydrogens (tertiary/aromatic N) is 2. The molecule has 1 fully saturated rings. The molecule has 1 atom stereocenters. The number of carbonyl (C=O) groups is 3. The van der Waals surface area contributed by atoms with Gasteiger partial charge in [-0.05, 0) is 33.2 Å². The van der Waals surface area contributed by atoms with Crippen molar-refractivity contribution in [3.8, 4) is 0 Å². The van der Waals surface area contributed by atoms with Crippen molar-refractivity contribution in [2.45, 2.75) is 33.1 Å². The lowest BCUT2D eigenvalue weighted by Crippen LogP contribution is -2.49. The number of aryl methyl sites for hydroxylation is 1. The van der Waals surface area contributed by atoms with E-state index >= 15 is 0 Å². The van der Waals surface area contributed by atoms with Gasteiger partial charge < -0.3 is 4.74 Å². The third-order valence-corrected chi connectivity index (χ3v) is 4.78. The Morgan fingerprint density at radius 1 is 1.36 bits per heavy atom. The van der Waals surface area contributed by atoms with Gasteiger partial charge in [-0.15, -0.1) is 11.3 Å². The van der Waals surface area contributed by atoms with Gasteiger partial charge in [0.2, 0.25) is 5.91 Å². The van der Waals surface area contributed by atoms with Crippen LogP contribution in [0.2, 0.25) is 0 Å². The Morgan fingerprint density at radius 2 is 2.12 bits per heavy atom.